The van der Waals surface area contributed by atoms with Gasteiger partial charge in [0.2, 0.25) is 0 Å². The average molecular weight is 284 g/mol. The molecule has 1 aromatic heterocycles. The number of likely N-dealkylation sites (N-methyl/N-ethyl adjacent to an activating group) is 1. The van der Waals surface area contributed by atoms with E-state index < -0.39 is 0 Å². The van der Waals surface area contributed by atoms with Crippen LogP contribution in [0.3, 0.4) is 0 Å². The summed E-state index contributed by atoms with van der Waals surface area (Å²) in [5, 5.41) is 1.10. The van der Waals surface area contributed by atoms with E-state index in [0.717, 1.165) is 28.8 Å². The number of piperidine rings is 1. The van der Waals surface area contributed by atoms with E-state index in [1.165, 1.54) is 12.8 Å². The van der Waals surface area contributed by atoms with Crippen molar-refractivity contribution in [3.63, 3.8) is 0 Å². The largest absolute Gasteiger partial charge is 0.378 e. The van der Waals surface area contributed by atoms with Gasteiger partial charge >= 0.3 is 0 Å². The van der Waals surface area contributed by atoms with Gasteiger partial charge in [-0.05, 0) is 26.9 Å². The van der Waals surface area contributed by atoms with E-state index in [1.54, 1.807) is 18.4 Å². The van der Waals surface area contributed by atoms with Crippen molar-refractivity contribution in [2.45, 2.75) is 32.0 Å². The highest BCUT2D eigenvalue weighted by atomic mass is 32.1. The van der Waals surface area contributed by atoms with Gasteiger partial charge in [-0.3, -0.25) is 0 Å². The molecule has 1 aliphatic heterocycles. The summed E-state index contributed by atoms with van der Waals surface area (Å²) in [4.78, 5) is 10.5. The predicted octanol–water partition coefficient (Wildman–Crippen LogP) is 1.28. The van der Waals surface area contributed by atoms with Crippen LogP contribution in [0.4, 0.5) is 5.13 Å². The number of rotatable bonds is 5. The molecule has 0 aromatic carbocycles. The van der Waals surface area contributed by atoms with Crippen LogP contribution < -0.4 is 10.6 Å². The second kappa shape index (κ2) is 6.65. The fraction of sp³-hybridized carbons (Fsp3) is 0.769. The summed E-state index contributed by atoms with van der Waals surface area (Å²) in [5.41, 5.74) is 6.78. The van der Waals surface area contributed by atoms with Crippen molar-refractivity contribution in [3.8, 4) is 0 Å². The Hall–Kier alpha value is -0.690. The average Bonchev–Trinajstić information content (AvgIpc) is 2.82. The molecule has 5 nitrogen and oxygen atoms in total. The van der Waals surface area contributed by atoms with Gasteiger partial charge in [-0.1, -0.05) is 0 Å². The fourth-order valence-electron chi connectivity index (χ4n) is 2.46. The molecule has 0 aliphatic carbocycles. The number of methoxy groups -OCH3 is 1. The van der Waals surface area contributed by atoms with Crippen LogP contribution >= 0.6 is 11.3 Å². The van der Waals surface area contributed by atoms with Crippen LogP contribution in [0.5, 0.6) is 0 Å². The topological polar surface area (TPSA) is 54.6 Å². The third kappa shape index (κ3) is 3.45. The van der Waals surface area contributed by atoms with Gasteiger partial charge in [-0.15, -0.1) is 11.3 Å². The van der Waals surface area contributed by atoms with Gasteiger partial charge in [0.05, 0.1) is 12.3 Å². The molecule has 0 spiro atoms. The Morgan fingerprint density at radius 2 is 2.32 bits per heavy atom. The van der Waals surface area contributed by atoms with Gasteiger partial charge < -0.3 is 20.3 Å². The number of ether oxygens (including phenoxy) is 1. The van der Waals surface area contributed by atoms with Crippen molar-refractivity contribution in [1.82, 2.24) is 9.88 Å². The van der Waals surface area contributed by atoms with Crippen molar-refractivity contribution >= 4 is 16.5 Å². The Bertz CT molecular complexity index is 407. The molecular formula is C13H24N4OS. The van der Waals surface area contributed by atoms with Crippen LogP contribution in [0.1, 0.15) is 23.4 Å². The predicted molar refractivity (Wildman–Crippen MR) is 79.6 cm³/mol. The first kappa shape index (κ1) is 14.7. The molecule has 1 aliphatic rings. The Labute approximate surface area is 119 Å². The lowest BCUT2D eigenvalue weighted by atomic mass is 10.1. The SMILES string of the molecule is COCc1nc(N2CCCC(N(C)C)C2)sc1CN. The molecule has 2 rings (SSSR count). The van der Waals surface area contributed by atoms with E-state index in [1.807, 2.05) is 0 Å². The van der Waals surface area contributed by atoms with Crippen molar-refractivity contribution < 1.29 is 4.74 Å². The van der Waals surface area contributed by atoms with Crippen LogP contribution in [0.25, 0.3) is 0 Å². The number of nitrogens with two attached hydrogens (primary N) is 1. The molecule has 1 unspecified atom stereocenters. The van der Waals surface area contributed by atoms with Crippen LogP contribution in [0.15, 0.2) is 0 Å². The second-order valence-corrected chi connectivity index (χ2v) is 6.27. The normalized spacial score (nSPS) is 20.3. The van der Waals surface area contributed by atoms with Crippen molar-refractivity contribution in [2.75, 3.05) is 39.2 Å². The molecule has 1 atom stereocenters. The number of hydrogen-bond acceptors (Lipinski definition) is 6. The zero-order valence-electron chi connectivity index (χ0n) is 12.1. The van der Waals surface area contributed by atoms with Gasteiger partial charge in [-0.2, -0.15) is 0 Å². The van der Waals surface area contributed by atoms with Gasteiger partial charge in [0.1, 0.15) is 0 Å². The van der Waals surface area contributed by atoms with Crippen LogP contribution in [0, 0.1) is 0 Å². The quantitative estimate of drug-likeness (QED) is 0.883. The lowest BCUT2D eigenvalue weighted by Crippen LogP contribution is -2.45. The number of thiazole rings is 1. The molecule has 2 N–H and O–H groups in total. The van der Waals surface area contributed by atoms with E-state index in [2.05, 4.69) is 23.9 Å². The summed E-state index contributed by atoms with van der Waals surface area (Å²) in [6.45, 7) is 3.24. The molecule has 6 heteroatoms. The van der Waals surface area contributed by atoms with E-state index in [-0.39, 0.29) is 0 Å². The van der Waals surface area contributed by atoms with Crippen LogP contribution in [-0.2, 0) is 17.9 Å². The summed E-state index contributed by atoms with van der Waals surface area (Å²) in [7, 11) is 6.00. The molecule has 108 valence electrons. The maximum Gasteiger partial charge on any atom is 0.185 e. The molecule has 0 bridgehead atoms. The van der Waals surface area contributed by atoms with E-state index in [4.69, 9.17) is 15.5 Å². The lowest BCUT2D eigenvalue weighted by Gasteiger charge is -2.35. The highest BCUT2D eigenvalue weighted by molar-refractivity contribution is 7.15. The number of aromatic nitrogens is 1. The monoisotopic (exact) mass is 284 g/mol. The third-order valence-corrected chi connectivity index (χ3v) is 4.81. The first-order chi connectivity index (χ1) is 9.15. The molecule has 2 heterocycles. The number of nitrogens with zero attached hydrogens (tertiary/aromatic N) is 3. The fourth-order valence-corrected chi connectivity index (χ4v) is 3.44. The molecule has 19 heavy (non-hydrogen) atoms. The molecule has 1 aromatic rings. The summed E-state index contributed by atoms with van der Waals surface area (Å²) < 4.78 is 5.19. The van der Waals surface area contributed by atoms with E-state index >= 15 is 0 Å². The third-order valence-electron chi connectivity index (χ3n) is 3.63. The second-order valence-electron chi connectivity index (χ2n) is 5.21. The number of anilines is 1. The molecular weight excluding hydrogens is 260 g/mol. The Kier molecular flexibility index (Phi) is 5.15. The highest BCUT2D eigenvalue weighted by Crippen LogP contribution is 2.29. The standard InChI is InChI=1S/C13H24N4OS/c1-16(2)10-5-4-6-17(8-10)13-15-11(9-18-3)12(7-14)19-13/h10H,4-9,14H2,1-3H3. The minimum Gasteiger partial charge on any atom is -0.378 e. The first-order valence-electron chi connectivity index (χ1n) is 6.74. The number of hydrogen-bond donors (Lipinski definition) is 1. The summed E-state index contributed by atoms with van der Waals surface area (Å²) in [6, 6.07) is 0.616. The highest BCUT2D eigenvalue weighted by Gasteiger charge is 2.24. The van der Waals surface area contributed by atoms with E-state index in [0.29, 0.717) is 19.2 Å². The van der Waals surface area contributed by atoms with Gasteiger partial charge in [0.25, 0.3) is 0 Å². The van der Waals surface area contributed by atoms with Crippen LogP contribution in [-0.4, -0.2) is 50.2 Å². The molecule has 0 saturated carbocycles. The Morgan fingerprint density at radius 3 is 2.95 bits per heavy atom. The summed E-state index contributed by atoms with van der Waals surface area (Å²) in [5.74, 6) is 0. The van der Waals surface area contributed by atoms with E-state index in [9.17, 15) is 0 Å². The van der Waals surface area contributed by atoms with Crippen molar-refractivity contribution in [3.05, 3.63) is 10.6 Å². The smallest absolute Gasteiger partial charge is 0.185 e. The molecule has 1 saturated heterocycles. The zero-order chi connectivity index (χ0) is 13.8. The Balaban J connectivity index is 2.12. The maximum atomic E-state index is 5.79. The summed E-state index contributed by atoms with van der Waals surface area (Å²) in [6.07, 6.45) is 2.49. The molecule has 0 radical (unpaired) electrons. The van der Waals surface area contributed by atoms with Crippen molar-refractivity contribution in [2.24, 2.45) is 5.73 Å². The molecule has 0 amide bonds. The lowest BCUT2D eigenvalue weighted by molar-refractivity contribution is 0.181. The maximum absolute atomic E-state index is 5.79. The van der Waals surface area contributed by atoms with Crippen molar-refractivity contribution in [1.29, 1.82) is 0 Å². The Morgan fingerprint density at radius 1 is 1.53 bits per heavy atom. The van der Waals surface area contributed by atoms with Gasteiger partial charge in [0, 0.05) is 37.7 Å². The van der Waals surface area contributed by atoms with Crippen LogP contribution in [0.2, 0.25) is 0 Å². The zero-order valence-corrected chi connectivity index (χ0v) is 12.9. The first-order valence-corrected chi connectivity index (χ1v) is 7.56. The summed E-state index contributed by atoms with van der Waals surface area (Å²) >= 11 is 1.71. The minimum atomic E-state index is 0.543. The van der Waals surface area contributed by atoms with Gasteiger partial charge in [-0.25, -0.2) is 4.98 Å². The van der Waals surface area contributed by atoms with Gasteiger partial charge in [0.15, 0.2) is 5.13 Å². The minimum absolute atomic E-state index is 0.543. The molecule has 1 fully saturated rings.